The van der Waals surface area contributed by atoms with E-state index in [-0.39, 0.29) is 0 Å². The summed E-state index contributed by atoms with van der Waals surface area (Å²) in [5.74, 6) is 1.77. The van der Waals surface area contributed by atoms with Crippen molar-refractivity contribution < 1.29 is 9.47 Å². The van der Waals surface area contributed by atoms with Crippen molar-refractivity contribution in [3.63, 3.8) is 0 Å². The van der Waals surface area contributed by atoms with Gasteiger partial charge in [-0.2, -0.15) is 0 Å². The monoisotopic (exact) mass is 277 g/mol. The minimum absolute atomic E-state index is 0.610. The van der Waals surface area contributed by atoms with E-state index in [2.05, 4.69) is 31.3 Å². The second-order valence-corrected chi connectivity index (χ2v) is 5.58. The van der Waals surface area contributed by atoms with Crippen molar-refractivity contribution in [1.82, 2.24) is 5.32 Å². The number of benzene rings is 1. The lowest BCUT2D eigenvalue weighted by Gasteiger charge is -2.19. The molecule has 1 aliphatic rings. The summed E-state index contributed by atoms with van der Waals surface area (Å²) in [6.45, 7) is 6.86. The molecule has 0 bridgehead atoms. The van der Waals surface area contributed by atoms with Gasteiger partial charge in [0.1, 0.15) is 13.2 Å². The summed E-state index contributed by atoms with van der Waals surface area (Å²) < 4.78 is 11.1. The third kappa shape index (κ3) is 4.71. The minimum Gasteiger partial charge on any atom is -0.486 e. The van der Waals surface area contributed by atoms with Crippen LogP contribution in [0.3, 0.4) is 0 Å². The predicted molar refractivity (Wildman–Crippen MR) is 82.7 cm³/mol. The molecule has 1 N–H and O–H groups in total. The Bertz CT molecular complexity index is 406. The molecule has 1 aromatic carbocycles. The SMILES string of the molecule is CCCCCC(C)NCCc1ccc2c(c1)OCCO2. The van der Waals surface area contributed by atoms with Crippen molar-refractivity contribution >= 4 is 0 Å². The normalized spacial score (nSPS) is 15.1. The Morgan fingerprint density at radius 2 is 1.95 bits per heavy atom. The van der Waals surface area contributed by atoms with Gasteiger partial charge in [-0.25, -0.2) is 0 Å². The van der Waals surface area contributed by atoms with Gasteiger partial charge in [0.25, 0.3) is 0 Å². The molecule has 0 amide bonds. The molecule has 0 saturated heterocycles. The first kappa shape index (κ1) is 15.2. The predicted octanol–water partition coefficient (Wildman–Crippen LogP) is 3.56. The summed E-state index contributed by atoms with van der Waals surface area (Å²) in [6.07, 6.45) is 6.27. The molecule has 1 atom stereocenters. The Hall–Kier alpha value is -1.22. The van der Waals surface area contributed by atoms with Gasteiger partial charge in [0.05, 0.1) is 0 Å². The summed E-state index contributed by atoms with van der Waals surface area (Å²) in [5, 5.41) is 3.60. The van der Waals surface area contributed by atoms with E-state index < -0.39 is 0 Å². The van der Waals surface area contributed by atoms with E-state index in [1.54, 1.807) is 0 Å². The van der Waals surface area contributed by atoms with E-state index in [1.165, 1.54) is 31.2 Å². The molecule has 0 fully saturated rings. The molecule has 2 rings (SSSR count). The topological polar surface area (TPSA) is 30.5 Å². The third-order valence-electron chi connectivity index (χ3n) is 3.75. The van der Waals surface area contributed by atoms with Crippen LogP contribution in [0.5, 0.6) is 11.5 Å². The molecule has 0 saturated carbocycles. The molecule has 20 heavy (non-hydrogen) atoms. The Morgan fingerprint density at radius 3 is 2.75 bits per heavy atom. The van der Waals surface area contributed by atoms with E-state index in [9.17, 15) is 0 Å². The van der Waals surface area contributed by atoms with E-state index in [1.807, 2.05) is 6.07 Å². The molecule has 0 radical (unpaired) electrons. The van der Waals surface area contributed by atoms with Gasteiger partial charge in [0.2, 0.25) is 0 Å². The van der Waals surface area contributed by atoms with Crippen molar-refractivity contribution in [3.8, 4) is 11.5 Å². The Morgan fingerprint density at radius 1 is 1.15 bits per heavy atom. The number of hydrogen-bond acceptors (Lipinski definition) is 3. The van der Waals surface area contributed by atoms with Crippen molar-refractivity contribution in [3.05, 3.63) is 23.8 Å². The Balaban J connectivity index is 1.71. The molecule has 0 spiro atoms. The van der Waals surface area contributed by atoms with Gasteiger partial charge >= 0.3 is 0 Å². The van der Waals surface area contributed by atoms with Crippen LogP contribution in [0.25, 0.3) is 0 Å². The third-order valence-corrected chi connectivity index (χ3v) is 3.75. The van der Waals surface area contributed by atoms with Gasteiger partial charge in [-0.1, -0.05) is 32.3 Å². The van der Waals surface area contributed by atoms with Gasteiger partial charge < -0.3 is 14.8 Å². The first-order chi connectivity index (χ1) is 9.79. The molecule has 0 aliphatic carbocycles. The zero-order valence-corrected chi connectivity index (χ0v) is 12.8. The smallest absolute Gasteiger partial charge is 0.161 e. The van der Waals surface area contributed by atoms with E-state index in [0.717, 1.165) is 24.5 Å². The number of fused-ring (bicyclic) bond motifs is 1. The molecule has 112 valence electrons. The maximum Gasteiger partial charge on any atom is 0.161 e. The Labute approximate surface area is 122 Å². The second kappa shape index (κ2) is 8.15. The lowest BCUT2D eigenvalue weighted by atomic mass is 10.1. The lowest BCUT2D eigenvalue weighted by molar-refractivity contribution is 0.171. The maximum absolute atomic E-state index is 5.61. The summed E-state index contributed by atoms with van der Waals surface area (Å²) in [4.78, 5) is 0. The molecule has 1 unspecified atom stereocenters. The maximum atomic E-state index is 5.61. The number of unbranched alkanes of at least 4 members (excludes halogenated alkanes) is 2. The fourth-order valence-corrected chi connectivity index (χ4v) is 2.51. The largest absolute Gasteiger partial charge is 0.486 e. The van der Waals surface area contributed by atoms with E-state index in [4.69, 9.17) is 9.47 Å². The number of rotatable bonds is 8. The summed E-state index contributed by atoms with van der Waals surface area (Å²) in [7, 11) is 0. The summed E-state index contributed by atoms with van der Waals surface area (Å²) in [5.41, 5.74) is 1.31. The van der Waals surface area contributed by atoms with Crippen LogP contribution in [-0.2, 0) is 6.42 Å². The first-order valence-electron chi connectivity index (χ1n) is 7.91. The van der Waals surface area contributed by atoms with Crippen molar-refractivity contribution in [2.24, 2.45) is 0 Å². The van der Waals surface area contributed by atoms with Crippen LogP contribution in [-0.4, -0.2) is 25.8 Å². The quantitative estimate of drug-likeness (QED) is 0.737. The fourth-order valence-electron chi connectivity index (χ4n) is 2.51. The molecule has 3 nitrogen and oxygen atoms in total. The van der Waals surface area contributed by atoms with E-state index >= 15 is 0 Å². The van der Waals surface area contributed by atoms with Gasteiger partial charge in [-0.15, -0.1) is 0 Å². The van der Waals surface area contributed by atoms with Crippen LogP contribution in [0.2, 0.25) is 0 Å². The minimum atomic E-state index is 0.610. The van der Waals surface area contributed by atoms with Crippen LogP contribution in [0.4, 0.5) is 0 Å². The van der Waals surface area contributed by atoms with Crippen LogP contribution in [0, 0.1) is 0 Å². The zero-order chi connectivity index (χ0) is 14.2. The number of hydrogen-bond donors (Lipinski definition) is 1. The highest BCUT2D eigenvalue weighted by Crippen LogP contribution is 2.30. The average Bonchev–Trinajstić information content (AvgIpc) is 2.47. The molecule has 3 heteroatoms. The summed E-state index contributed by atoms with van der Waals surface area (Å²) in [6, 6.07) is 6.88. The van der Waals surface area contributed by atoms with Crippen LogP contribution < -0.4 is 14.8 Å². The fraction of sp³-hybridized carbons (Fsp3) is 0.647. The first-order valence-corrected chi connectivity index (χ1v) is 7.91. The Kier molecular flexibility index (Phi) is 6.19. The second-order valence-electron chi connectivity index (χ2n) is 5.58. The van der Waals surface area contributed by atoms with Gasteiger partial charge in [-0.05, 0) is 44.0 Å². The average molecular weight is 277 g/mol. The van der Waals surface area contributed by atoms with Crippen molar-refractivity contribution in [2.75, 3.05) is 19.8 Å². The van der Waals surface area contributed by atoms with Crippen molar-refractivity contribution in [2.45, 2.75) is 52.0 Å². The molecule has 0 aromatic heterocycles. The van der Waals surface area contributed by atoms with Gasteiger partial charge in [0.15, 0.2) is 11.5 Å². The van der Waals surface area contributed by atoms with Crippen molar-refractivity contribution in [1.29, 1.82) is 0 Å². The standard InChI is InChI=1S/C17H27NO2/c1-3-4-5-6-14(2)18-10-9-15-7-8-16-17(13-15)20-12-11-19-16/h7-8,13-14,18H,3-6,9-12H2,1-2H3. The lowest BCUT2D eigenvalue weighted by Crippen LogP contribution is -2.28. The van der Waals surface area contributed by atoms with Crippen LogP contribution in [0.15, 0.2) is 18.2 Å². The number of nitrogens with one attached hydrogen (secondary N) is 1. The molecular weight excluding hydrogens is 250 g/mol. The highest BCUT2D eigenvalue weighted by molar-refractivity contribution is 5.43. The molecule has 1 aromatic rings. The van der Waals surface area contributed by atoms with Gasteiger partial charge in [0, 0.05) is 6.04 Å². The summed E-state index contributed by atoms with van der Waals surface area (Å²) >= 11 is 0. The zero-order valence-electron chi connectivity index (χ0n) is 12.8. The van der Waals surface area contributed by atoms with E-state index in [0.29, 0.717) is 19.3 Å². The molecule has 1 aliphatic heterocycles. The highest BCUT2D eigenvalue weighted by Gasteiger charge is 2.11. The van der Waals surface area contributed by atoms with Gasteiger partial charge in [-0.3, -0.25) is 0 Å². The highest BCUT2D eigenvalue weighted by atomic mass is 16.6. The van der Waals surface area contributed by atoms with Crippen LogP contribution >= 0.6 is 0 Å². The van der Waals surface area contributed by atoms with Crippen LogP contribution in [0.1, 0.15) is 45.1 Å². The molecule has 1 heterocycles. The number of ether oxygens (including phenoxy) is 2. The molecular formula is C17H27NO2.